The minimum atomic E-state index is -4.32. The van der Waals surface area contributed by atoms with Crippen molar-refractivity contribution in [3.8, 4) is 0 Å². The first kappa shape index (κ1) is 34.7. The van der Waals surface area contributed by atoms with Crippen LogP contribution in [-0.4, -0.2) is 71.8 Å². The number of quaternary nitrogens is 1. The predicted octanol–water partition coefficient (Wildman–Crippen LogP) is 6.26. The van der Waals surface area contributed by atoms with Gasteiger partial charge >= 0.3 is 0 Å². The van der Waals surface area contributed by atoms with Gasteiger partial charge in [0, 0.05) is 13.7 Å². The van der Waals surface area contributed by atoms with Crippen LogP contribution in [0.25, 0.3) is 0 Å². The van der Waals surface area contributed by atoms with Crippen LogP contribution in [0.2, 0.25) is 0 Å². The molecule has 0 saturated carbocycles. The summed E-state index contributed by atoms with van der Waals surface area (Å²) in [5.74, 6) is 0. The summed E-state index contributed by atoms with van der Waals surface area (Å²) in [6, 6.07) is 0. The second kappa shape index (κ2) is 22.9. The second-order valence-corrected chi connectivity index (χ2v) is 11.9. The molecule has 0 spiro atoms. The van der Waals surface area contributed by atoms with Crippen molar-refractivity contribution in [1.82, 2.24) is 0 Å². The number of phosphoric acid groups is 1. The number of likely N-dealkylation sites (N-methyl/N-ethyl adjacent to an activating group) is 1. The fourth-order valence-electron chi connectivity index (χ4n) is 3.49. The van der Waals surface area contributed by atoms with Crippen molar-refractivity contribution in [2.45, 2.75) is 103 Å². The van der Waals surface area contributed by atoms with Crippen LogP contribution in [0, 0.1) is 0 Å². The molecule has 0 aromatic heterocycles. The summed E-state index contributed by atoms with van der Waals surface area (Å²) >= 11 is 0. The van der Waals surface area contributed by atoms with E-state index in [1.54, 1.807) is 0 Å². The molecule has 0 saturated heterocycles. The summed E-state index contributed by atoms with van der Waals surface area (Å²) in [6.07, 6.45) is 22.2. The van der Waals surface area contributed by atoms with Crippen LogP contribution in [0.5, 0.6) is 0 Å². The summed E-state index contributed by atoms with van der Waals surface area (Å²) in [5, 5.41) is 0. The maximum Gasteiger partial charge on any atom is 0.268 e. The minimum absolute atomic E-state index is 0.0925. The van der Waals surface area contributed by atoms with E-state index in [2.05, 4.69) is 19.1 Å². The Balaban J connectivity index is 3.53. The molecule has 0 aliphatic heterocycles. The summed E-state index contributed by atoms with van der Waals surface area (Å²) in [6.45, 7) is 3.78. The summed E-state index contributed by atoms with van der Waals surface area (Å²) in [4.78, 5) is 11.9. The Kier molecular flexibility index (Phi) is 22.7. The third-order valence-electron chi connectivity index (χ3n) is 5.87. The van der Waals surface area contributed by atoms with Gasteiger partial charge in [-0.05, 0) is 32.1 Å². The van der Waals surface area contributed by atoms with Gasteiger partial charge in [-0.2, -0.15) is 0 Å². The number of methoxy groups -OCH3 is 1. The molecule has 2 atom stereocenters. The van der Waals surface area contributed by atoms with E-state index in [-0.39, 0.29) is 13.2 Å². The molecule has 0 aromatic rings. The first-order valence-electron chi connectivity index (χ1n) is 13.9. The highest BCUT2D eigenvalue weighted by molar-refractivity contribution is 7.45. The first-order valence-corrected chi connectivity index (χ1v) is 15.3. The van der Waals surface area contributed by atoms with Crippen molar-refractivity contribution in [2.75, 3.05) is 61.2 Å². The standard InChI is InChI=1S/C27H56NO6P/c1-6-7-8-9-10-11-12-13-14-15-16-17-18-19-20-21-23-32-25-27(31-5)26-34-35(29,30)33-24-22-28(2,3)4/h10-11,27H,6-9,12-26H2,1-5H3/b11-10-/t27-/m1/s1. The Bertz CT molecular complexity index is 538. The highest BCUT2D eigenvalue weighted by atomic mass is 31.2. The number of allylic oxidation sites excluding steroid dienone is 2. The molecule has 8 heteroatoms. The minimum Gasteiger partial charge on any atom is -0.756 e. The van der Waals surface area contributed by atoms with Gasteiger partial charge in [0.05, 0.1) is 34.4 Å². The number of ether oxygens (including phenoxy) is 2. The lowest BCUT2D eigenvalue weighted by Gasteiger charge is -2.28. The highest BCUT2D eigenvalue weighted by Gasteiger charge is 2.16. The number of hydrogen-bond donors (Lipinski definition) is 0. The largest absolute Gasteiger partial charge is 0.756 e. The van der Waals surface area contributed by atoms with Gasteiger partial charge in [0.1, 0.15) is 19.3 Å². The molecular weight excluding hydrogens is 465 g/mol. The molecule has 0 aromatic carbocycles. The molecule has 0 fully saturated rings. The van der Waals surface area contributed by atoms with Gasteiger partial charge in [-0.25, -0.2) is 0 Å². The number of nitrogens with zero attached hydrogens (tertiary/aromatic N) is 1. The lowest BCUT2D eigenvalue weighted by Crippen LogP contribution is -2.37. The lowest BCUT2D eigenvalue weighted by atomic mass is 10.1. The Hall–Kier alpha value is -0.270. The van der Waals surface area contributed by atoms with E-state index >= 15 is 0 Å². The quantitative estimate of drug-likeness (QED) is 0.0578. The van der Waals surface area contributed by atoms with Crippen LogP contribution >= 0.6 is 7.82 Å². The molecule has 0 radical (unpaired) electrons. The van der Waals surface area contributed by atoms with E-state index in [0.717, 1.165) is 12.8 Å². The zero-order valence-corrected chi connectivity index (χ0v) is 24.4. The Morgan fingerprint density at radius 1 is 0.771 bits per heavy atom. The zero-order chi connectivity index (χ0) is 26.3. The molecule has 1 unspecified atom stereocenters. The van der Waals surface area contributed by atoms with Crippen molar-refractivity contribution in [1.29, 1.82) is 0 Å². The smallest absolute Gasteiger partial charge is 0.268 e. The lowest BCUT2D eigenvalue weighted by molar-refractivity contribution is -0.870. The van der Waals surface area contributed by atoms with E-state index < -0.39 is 13.9 Å². The number of rotatable bonds is 26. The topological polar surface area (TPSA) is 77.1 Å². The molecule has 0 amide bonds. The third kappa shape index (κ3) is 26.6. The van der Waals surface area contributed by atoms with Crippen LogP contribution in [0.1, 0.15) is 96.8 Å². The van der Waals surface area contributed by atoms with E-state index in [4.69, 9.17) is 18.5 Å². The first-order chi connectivity index (χ1) is 16.7. The molecule has 0 aliphatic rings. The molecule has 35 heavy (non-hydrogen) atoms. The van der Waals surface area contributed by atoms with Gasteiger partial charge in [-0.1, -0.05) is 76.9 Å². The van der Waals surface area contributed by atoms with Gasteiger partial charge in [-0.3, -0.25) is 4.57 Å². The normalized spacial score (nSPS) is 15.0. The maximum atomic E-state index is 11.9. The van der Waals surface area contributed by atoms with Gasteiger partial charge < -0.3 is 27.9 Å². The molecule has 0 N–H and O–H groups in total. The van der Waals surface area contributed by atoms with Crippen molar-refractivity contribution >= 4 is 7.82 Å². The summed E-state index contributed by atoms with van der Waals surface area (Å²) in [7, 11) is 3.11. The van der Waals surface area contributed by atoms with Crippen LogP contribution in [0.3, 0.4) is 0 Å². The van der Waals surface area contributed by atoms with Crippen LogP contribution < -0.4 is 4.89 Å². The Morgan fingerprint density at radius 2 is 1.31 bits per heavy atom. The van der Waals surface area contributed by atoms with E-state index in [1.165, 1.54) is 84.2 Å². The van der Waals surface area contributed by atoms with Gasteiger partial charge in [0.25, 0.3) is 7.82 Å². The van der Waals surface area contributed by atoms with Crippen molar-refractivity contribution in [2.24, 2.45) is 0 Å². The SMILES string of the molecule is CCCCC/C=C\CCCCCCCCCCCOC[C@H](COP(=O)([O-])OCC[N+](C)(C)C)OC. The Morgan fingerprint density at radius 3 is 1.86 bits per heavy atom. The number of phosphoric ester groups is 1. The molecule has 0 bridgehead atoms. The van der Waals surface area contributed by atoms with Crippen molar-refractivity contribution in [3.05, 3.63) is 12.2 Å². The predicted molar refractivity (Wildman–Crippen MR) is 143 cm³/mol. The van der Waals surface area contributed by atoms with E-state index in [0.29, 0.717) is 24.2 Å². The average molecular weight is 522 g/mol. The molecule has 0 heterocycles. The third-order valence-corrected chi connectivity index (χ3v) is 6.83. The number of unbranched alkanes of at least 4 members (excludes halogenated alkanes) is 12. The maximum absolute atomic E-state index is 11.9. The fourth-order valence-corrected chi connectivity index (χ4v) is 4.22. The summed E-state index contributed by atoms with van der Waals surface area (Å²) in [5.41, 5.74) is 0. The van der Waals surface area contributed by atoms with Gasteiger partial charge in [0.15, 0.2) is 0 Å². The molecule has 0 rings (SSSR count). The Labute approximate surface area is 216 Å². The average Bonchev–Trinajstić information content (AvgIpc) is 2.79. The molecule has 7 nitrogen and oxygen atoms in total. The molecular formula is C27H56NO6P. The highest BCUT2D eigenvalue weighted by Crippen LogP contribution is 2.38. The van der Waals surface area contributed by atoms with E-state index in [1.807, 2.05) is 21.1 Å². The van der Waals surface area contributed by atoms with Crippen LogP contribution in [-0.2, 0) is 23.1 Å². The van der Waals surface area contributed by atoms with E-state index in [9.17, 15) is 9.46 Å². The van der Waals surface area contributed by atoms with Crippen molar-refractivity contribution < 1.29 is 32.5 Å². The van der Waals surface area contributed by atoms with Crippen LogP contribution in [0.15, 0.2) is 12.2 Å². The van der Waals surface area contributed by atoms with Gasteiger partial charge in [-0.15, -0.1) is 0 Å². The van der Waals surface area contributed by atoms with Crippen molar-refractivity contribution in [3.63, 3.8) is 0 Å². The molecule has 0 aliphatic carbocycles. The second-order valence-electron chi connectivity index (χ2n) is 10.5. The summed E-state index contributed by atoms with van der Waals surface area (Å²) < 4.78 is 33.2. The number of hydrogen-bond acceptors (Lipinski definition) is 6. The monoisotopic (exact) mass is 521 g/mol. The fraction of sp³-hybridized carbons (Fsp3) is 0.926. The molecule has 210 valence electrons. The van der Waals surface area contributed by atoms with Gasteiger partial charge in [0.2, 0.25) is 0 Å². The zero-order valence-electron chi connectivity index (χ0n) is 23.5. The van der Waals surface area contributed by atoms with Crippen LogP contribution in [0.4, 0.5) is 0 Å².